The fraction of sp³-hybridized carbons (Fsp3) is 0.357. The number of hydrogen-bond acceptors (Lipinski definition) is 4. The lowest BCUT2D eigenvalue weighted by Crippen LogP contribution is -2.42. The lowest BCUT2D eigenvalue weighted by molar-refractivity contribution is -0.143. The molecule has 5 nitrogen and oxygen atoms in total. The Morgan fingerprint density at radius 3 is 2.75 bits per heavy atom. The van der Waals surface area contributed by atoms with Crippen LogP contribution in [0, 0.1) is 23.1 Å². The summed E-state index contributed by atoms with van der Waals surface area (Å²) in [6, 6.07) is 6.15. The topological polar surface area (TPSA) is 79.2 Å². The van der Waals surface area contributed by atoms with Gasteiger partial charge in [-0.15, -0.1) is 0 Å². The van der Waals surface area contributed by atoms with Crippen molar-refractivity contribution in [3.63, 3.8) is 0 Å². The van der Waals surface area contributed by atoms with Crippen molar-refractivity contribution in [3.8, 4) is 6.07 Å². The Labute approximate surface area is 116 Å². The number of ether oxygens (including phenoxy) is 1. The predicted molar refractivity (Wildman–Crippen MR) is 69.1 cm³/mol. The number of hydrogen-bond donors (Lipinski definition) is 1. The quantitative estimate of drug-likeness (QED) is 0.830. The monoisotopic (exact) mass is 278 g/mol. The third-order valence-electron chi connectivity index (χ3n) is 2.69. The molecule has 0 heterocycles. The van der Waals surface area contributed by atoms with Crippen LogP contribution in [-0.2, 0) is 9.53 Å². The summed E-state index contributed by atoms with van der Waals surface area (Å²) in [4.78, 5) is 23.5. The second kappa shape index (κ2) is 7.24. The van der Waals surface area contributed by atoms with Gasteiger partial charge in [-0.3, -0.25) is 4.79 Å². The Morgan fingerprint density at radius 1 is 1.50 bits per heavy atom. The Bertz CT molecular complexity index is 539. The van der Waals surface area contributed by atoms with Gasteiger partial charge in [0.1, 0.15) is 11.9 Å². The largest absolute Gasteiger partial charge is 0.467 e. The molecule has 1 aromatic rings. The second-order valence-electron chi connectivity index (χ2n) is 4.33. The van der Waals surface area contributed by atoms with E-state index in [0.717, 1.165) is 6.07 Å². The van der Waals surface area contributed by atoms with E-state index in [-0.39, 0.29) is 12.0 Å². The molecule has 6 heteroatoms. The standard InChI is InChI=1S/C14H15FN2O3/c1-9(8-16)6-12(14(19)20-2)17-13(18)10-4-3-5-11(15)7-10/h3-5,7,9,12H,6H2,1-2H3,(H,17,18)/t9-,12+/m0/s1. The summed E-state index contributed by atoms with van der Waals surface area (Å²) in [5.41, 5.74) is 0.100. The van der Waals surface area contributed by atoms with Crippen LogP contribution < -0.4 is 5.32 Å². The SMILES string of the molecule is COC(=O)[C@@H](C[C@H](C)C#N)NC(=O)c1cccc(F)c1. The maximum atomic E-state index is 13.0. The molecular formula is C14H15FN2O3. The third kappa shape index (κ3) is 4.35. The number of rotatable bonds is 5. The molecule has 1 N–H and O–H groups in total. The Hall–Kier alpha value is -2.42. The zero-order chi connectivity index (χ0) is 15.1. The Kier molecular flexibility index (Phi) is 5.66. The van der Waals surface area contributed by atoms with Gasteiger partial charge in [0.15, 0.2) is 0 Å². The number of nitriles is 1. The molecule has 20 heavy (non-hydrogen) atoms. The highest BCUT2D eigenvalue weighted by Gasteiger charge is 2.24. The van der Waals surface area contributed by atoms with Crippen molar-refractivity contribution in [2.24, 2.45) is 5.92 Å². The first-order valence-corrected chi connectivity index (χ1v) is 6.01. The molecule has 106 valence electrons. The van der Waals surface area contributed by atoms with Gasteiger partial charge in [0.25, 0.3) is 5.91 Å². The molecule has 2 atom stereocenters. The second-order valence-corrected chi connectivity index (χ2v) is 4.33. The smallest absolute Gasteiger partial charge is 0.328 e. The summed E-state index contributed by atoms with van der Waals surface area (Å²) in [7, 11) is 1.20. The van der Waals surface area contributed by atoms with Gasteiger partial charge >= 0.3 is 5.97 Å². The number of esters is 1. The van der Waals surface area contributed by atoms with Gasteiger partial charge in [-0.1, -0.05) is 6.07 Å². The van der Waals surface area contributed by atoms with Crippen molar-refractivity contribution >= 4 is 11.9 Å². The summed E-state index contributed by atoms with van der Waals surface area (Å²) in [5, 5.41) is 11.2. The summed E-state index contributed by atoms with van der Waals surface area (Å²) < 4.78 is 17.6. The molecule has 0 saturated heterocycles. The molecule has 0 aliphatic heterocycles. The maximum absolute atomic E-state index is 13.0. The van der Waals surface area contributed by atoms with Gasteiger partial charge in [0, 0.05) is 11.5 Å². The fourth-order valence-electron chi connectivity index (χ4n) is 1.63. The highest BCUT2D eigenvalue weighted by molar-refractivity contribution is 5.96. The molecule has 0 radical (unpaired) electrons. The number of amides is 1. The normalized spacial score (nSPS) is 12.9. The summed E-state index contributed by atoms with van der Waals surface area (Å²) in [5.74, 6) is -2.20. The van der Waals surface area contributed by atoms with Crippen LogP contribution in [0.15, 0.2) is 24.3 Å². The molecule has 0 fully saturated rings. The summed E-state index contributed by atoms with van der Waals surface area (Å²) in [6.07, 6.45) is 0.129. The first kappa shape index (κ1) is 15.6. The molecule has 0 unspecified atom stereocenters. The molecule has 0 aliphatic rings. The maximum Gasteiger partial charge on any atom is 0.328 e. The van der Waals surface area contributed by atoms with E-state index in [9.17, 15) is 14.0 Å². The molecule has 1 amide bonds. The number of benzene rings is 1. The van der Waals surface area contributed by atoms with Gasteiger partial charge < -0.3 is 10.1 Å². The number of halogens is 1. The van der Waals surface area contributed by atoms with Crippen LogP contribution in [0.25, 0.3) is 0 Å². The van der Waals surface area contributed by atoms with E-state index in [0.29, 0.717) is 0 Å². The zero-order valence-corrected chi connectivity index (χ0v) is 11.2. The van der Waals surface area contributed by atoms with Crippen LogP contribution in [0.3, 0.4) is 0 Å². The minimum absolute atomic E-state index is 0.100. The third-order valence-corrected chi connectivity index (χ3v) is 2.69. The van der Waals surface area contributed by atoms with Gasteiger partial charge in [0.05, 0.1) is 13.2 Å². The molecule has 1 aromatic carbocycles. The van der Waals surface area contributed by atoms with Crippen LogP contribution in [0.2, 0.25) is 0 Å². The number of nitrogens with one attached hydrogen (secondary N) is 1. The molecular weight excluding hydrogens is 263 g/mol. The van der Waals surface area contributed by atoms with Crippen molar-refractivity contribution in [3.05, 3.63) is 35.6 Å². The molecule has 1 rings (SSSR count). The van der Waals surface area contributed by atoms with E-state index in [4.69, 9.17) is 5.26 Å². The average molecular weight is 278 g/mol. The van der Waals surface area contributed by atoms with Crippen molar-refractivity contribution in [2.75, 3.05) is 7.11 Å². The van der Waals surface area contributed by atoms with E-state index in [2.05, 4.69) is 10.1 Å². The Balaban J connectivity index is 2.81. The van der Waals surface area contributed by atoms with Crippen LogP contribution in [0.1, 0.15) is 23.7 Å². The lowest BCUT2D eigenvalue weighted by atomic mass is 10.0. The first-order valence-electron chi connectivity index (χ1n) is 6.01. The average Bonchev–Trinajstić information content (AvgIpc) is 2.45. The van der Waals surface area contributed by atoms with Crippen LogP contribution in [0.5, 0.6) is 0 Å². The Morgan fingerprint density at radius 2 is 2.20 bits per heavy atom. The summed E-state index contributed by atoms with van der Waals surface area (Å²) >= 11 is 0. The van der Waals surface area contributed by atoms with Gasteiger partial charge in [-0.05, 0) is 31.5 Å². The van der Waals surface area contributed by atoms with Crippen LogP contribution >= 0.6 is 0 Å². The van der Waals surface area contributed by atoms with Crippen LogP contribution in [0.4, 0.5) is 4.39 Å². The first-order chi connectivity index (χ1) is 9.47. The van der Waals surface area contributed by atoms with Crippen molar-refractivity contribution in [2.45, 2.75) is 19.4 Å². The van der Waals surface area contributed by atoms with Gasteiger partial charge in [-0.25, -0.2) is 9.18 Å². The predicted octanol–water partition coefficient (Wildman–Crippen LogP) is 1.65. The van der Waals surface area contributed by atoms with E-state index < -0.39 is 29.7 Å². The van der Waals surface area contributed by atoms with Crippen LogP contribution in [-0.4, -0.2) is 25.0 Å². The van der Waals surface area contributed by atoms with Crippen molar-refractivity contribution < 1.29 is 18.7 Å². The number of carbonyl (C=O) groups excluding carboxylic acids is 2. The van der Waals surface area contributed by atoms with Gasteiger partial charge in [-0.2, -0.15) is 5.26 Å². The minimum Gasteiger partial charge on any atom is -0.467 e. The molecule has 0 saturated carbocycles. The zero-order valence-electron chi connectivity index (χ0n) is 11.2. The van der Waals surface area contributed by atoms with Crippen molar-refractivity contribution in [1.29, 1.82) is 5.26 Å². The molecule has 0 aliphatic carbocycles. The van der Waals surface area contributed by atoms with E-state index in [1.807, 2.05) is 6.07 Å². The summed E-state index contributed by atoms with van der Waals surface area (Å²) in [6.45, 7) is 1.63. The highest BCUT2D eigenvalue weighted by atomic mass is 19.1. The van der Waals surface area contributed by atoms with E-state index in [1.54, 1.807) is 6.92 Å². The highest BCUT2D eigenvalue weighted by Crippen LogP contribution is 2.09. The molecule has 0 bridgehead atoms. The molecule has 0 spiro atoms. The number of methoxy groups -OCH3 is 1. The number of nitrogens with zero attached hydrogens (tertiary/aromatic N) is 1. The lowest BCUT2D eigenvalue weighted by Gasteiger charge is -2.17. The van der Waals surface area contributed by atoms with E-state index in [1.165, 1.54) is 25.3 Å². The minimum atomic E-state index is -0.939. The van der Waals surface area contributed by atoms with E-state index >= 15 is 0 Å². The van der Waals surface area contributed by atoms with Crippen molar-refractivity contribution in [1.82, 2.24) is 5.32 Å². The fourth-order valence-corrected chi connectivity index (χ4v) is 1.63. The molecule has 0 aromatic heterocycles. The number of carbonyl (C=O) groups is 2. The van der Waals surface area contributed by atoms with Gasteiger partial charge in [0.2, 0.25) is 0 Å².